The van der Waals surface area contributed by atoms with E-state index in [2.05, 4.69) is 36.9 Å². The molecule has 1 aromatic rings. The van der Waals surface area contributed by atoms with E-state index < -0.39 is 0 Å². The zero-order valence-electron chi connectivity index (χ0n) is 11.6. The SMILES string of the molecule is CCCN(CC)C1CCCc2ccccc2C1O. The van der Waals surface area contributed by atoms with Crippen LogP contribution in [-0.2, 0) is 6.42 Å². The van der Waals surface area contributed by atoms with Gasteiger partial charge in [0.15, 0.2) is 0 Å². The Kier molecular flexibility index (Phi) is 4.79. The predicted octanol–water partition coefficient (Wildman–Crippen LogP) is 3.16. The van der Waals surface area contributed by atoms with Crippen molar-refractivity contribution in [3.05, 3.63) is 35.4 Å². The molecular weight excluding hydrogens is 222 g/mol. The Balaban J connectivity index is 2.23. The largest absolute Gasteiger partial charge is 0.387 e. The number of likely N-dealkylation sites (N-methyl/N-ethyl adjacent to an activating group) is 1. The first kappa shape index (κ1) is 13.6. The smallest absolute Gasteiger partial charge is 0.0947 e. The molecule has 100 valence electrons. The van der Waals surface area contributed by atoms with Crippen LogP contribution in [-0.4, -0.2) is 29.1 Å². The van der Waals surface area contributed by atoms with Gasteiger partial charge < -0.3 is 5.11 Å². The van der Waals surface area contributed by atoms with Gasteiger partial charge in [-0.1, -0.05) is 38.1 Å². The molecule has 1 aliphatic carbocycles. The van der Waals surface area contributed by atoms with Gasteiger partial charge in [-0.15, -0.1) is 0 Å². The molecule has 2 heteroatoms. The highest BCUT2D eigenvalue weighted by molar-refractivity contribution is 5.31. The molecule has 2 unspecified atom stereocenters. The Morgan fingerprint density at radius 1 is 1.28 bits per heavy atom. The summed E-state index contributed by atoms with van der Waals surface area (Å²) in [4.78, 5) is 2.44. The van der Waals surface area contributed by atoms with Crippen LogP contribution in [0.4, 0.5) is 0 Å². The minimum absolute atomic E-state index is 0.290. The minimum atomic E-state index is -0.324. The Morgan fingerprint density at radius 3 is 2.78 bits per heavy atom. The Morgan fingerprint density at radius 2 is 2.06 bits per heavy atom. The van der Waals surface area contributed by atoms with Crippen molar-refractivity contribution >= 4 is 0 Å². The summed E-state index contributed by atoms with van der Waals surface area (Å²) >= 11 is 0. The first-order valence-electron chi connectivity index (χ1n) is 7.27. The second-order valence-electron chi connectivity index (χ2n) is 5.23. The van der Waals surface area contributed by atoms with Crippen LogP contribution in [0.2, 0.25) is 0 Å². The quantitative estimate of drug-likeness (QED) is 0.826. The average Bonchev–Trinajstić information content (AvgIpc) is 2.56. The van der Waals surface area contributed by atoms with Crippen molar-refractivity contribution in [2.24, 2.45) is 0 Å². The molecule has 0 fully saturated rings. The molecule has 0 bridgehead atoms. The van der Waals surface area contributed by atoms with E-state index in [-0.39, 0.29) is 6.10 Å². The van der Waals surface area contributed by atoms with Crippen molar-refractivity contribution in [3.63, 3.8) is 0 Å². The molecule has 2 atom stereocenters. The van der Waals surface area contributed by atoms with E-state index in [4.69, 9.17) is 0 Å². The lowest BCUT2D eigenvalue weighted by Crippen LogP contribution is -2.39. The van der Waals surface area contributed by atoms with E-state index in [0.29, 0.717) is 6.04 Å². The first-order valence-corrected chi connectivity index (χ1v) is 7.27. The van der Waals surface area contributed by atoms with Gasteiger partial charge in [0.2, 0.25) is 0 Å². The molecule has 1 N–H and O–H groups in total. The third kappa shape index (κ3) is 2.76. The molecule has 0 amide bonds. The van der Waals surface area contributed by atoms with Crippen LogP contribution in [0.1, 0.15) is 50.3 Å². The normalized spacial score (nSPS) is 23.8. The number of benzene rings is 1. The van der Waals surface area contributed by atoms with Crippen LogP contribution in [0.15, 0.2) is 24.3 Å². The highest BCUT2D eigenvalue weighted by atomic mass is 16.3. The standard InChI is InChI=1S/C16H25NO/c1-3-12-17(4-2)15-11-7-9-13-8-5-6-10-14(13)16(15)18/h5-6,8,10,15-16,18H,3-4,7,9,11-12H2,1-2H3. The summed E-state index contributed by atoms with van der Waals surface area (Å²) in [6.45, 7) is 6.51. The minimum Gasteiger partial charge on any atom is -0.387 e. The summed E-state index contributed by atoms with van der Waals surface area (Å²) in [5.41, 5.74) is 2.48. The zero-order chi connectivity index (χ0) is 13.0. The average molecular weight is 247 g/mol. The fourth-order valence-electron chi connectivity index (χ4n) is 3.15. The van der Waals surface area contributed by atoms with Crippen LogP contribution in [0.5, 0.6) is 0 Å². The highest BCUT2D eigenvalue weighted by Gasteiger charge is 2.29. The maximum Gasteiger partial charge on any atom is 0.0947 e. The molecule has 18 heavy (non-hydrogen) atoms. The molecule has 0 heterocycles. The molecule has 0 aliphatic heterocycles. The fraction of sp³-hybridized carbons (Fsp3) is 0.625. The number of aliphatic hydroxyl groups is 1. The van der Waals surface area contributed by atoms with Gasteiger partial charge in [0.25, 0.3) is 0 Å². The van der Waals surface area contributed by atoms with E-state index in [1.165, 1.54) is 12.0 Å². The van der Waals surface area contributed by atoms with Gasteiger partial charge in [0.1, 0.15) is 0 Å². The zero-order valence-corrected chi connectivity index (χ0v) is 11.6. The predicted molar refractivity (Wildman–Crippen MR) is 75.7 cm³/mol. The van der Waals surface area contributed by atoms with Gasteiger partial charge in [-0.3, -0.25) is 4.90 Å². The summed E-state index contributed by atoms with van der Waals surface area (Å²) in [7, 11) is 0. The summed E-state index contributed by atoms with van der Waals surface area (Å²) < 4.78 is 0. The molecule has 0 spiro atoms. The van der Waals surface area contributed by atoms with E-state index in [1.54, 1.807) is 0 Å². The van der Waals surface area contributed by atoms with Crippen LogP contribution < -0.4 is 0 Å². The number of nitrogens with zero attached hydrogens (tertiary/aromatic N) is 1. The van der Waals surface area contributed by atoms with Gasteiger partial charge in [-0.05, 0) is 49.9 Å². The second-order valence-corrected chi connectivity index (χ2v) is 5.23. The lowest BCUT2D eigenvalue weighted by atomic mass is 9.97. The highest BCUT2D eigenvalue weighted by Crippen LogP contribution is 2.31. The Hall–Kier alpha value is -0.860. The lowest BCUT2D eigenvalue weighted by molar-refractivity contribution is 0.0474. The van der Waals surface area contributed by atoms with Gasteiger partial charge >= 0.3 is 0 Å². The number of aliphatic hydroxyl groups excluding tert-OH is 1. The topological polar surface area (TPSA) is 23.5 Å². The molecule has 1 aliphatic rings. The first-order chi connectivity index (χ1) is 8.77. The van der Waals surface area contributed by atoms with Crippen molar-refractivity contribution in [2.75, 3.05) is 13.1 Å². The Bertz CT molecular complexity index is 377. The van der Waals surface area contributed by atoms with Crippen LogP contribution >= 0.6 is 0 Å². The van der Waals surface area contributed by atoms with Crippen molar-refractivity contribution in [3.8, 4) is 0 Å². The van der Waals surface area contributed by atoms with Crippen molar-refractivity contribution in [1.29, 1.82) is 0 Å². The monoisotopic (exact) mass is 247 g/mol. The third-order valence-electron chi connectivity index (χ3n) is 4.07. The van der Waals surface area contributed by atoms with Crippen molar-refractivity contribution in [1.82, 2.24) is 4.90 Å². The van der Waals surface area contributed by atoms with Crippen LogP contribution in [0, 0.1) is 0 Å². The van der Waals surface area contributed by atoms with E-state index in [9.17, 15) is 5.11 Å². The maximum absolute atomic E-state index is 10.7. The summed E-state index contributed by atoms with van der Waals surface area (Å²) in [6, 6.07) is 8.67. The van der Waals surface area contributed by atoms with Crippen molar-refractivity contribution < 1.29 is 5.11 Å². The maximum atomic E-state index is 10.7. The summed E-state index contributed by atoms with van der Waals surface area (Å²) in [5.74, 6) is 0. The van der Waals surface area contributed by atoms with E-state index in [1.807, 2.05) is 6.07 Å². The number of hydrogen-bond acceptors (Lipinski definition) is 2. The van der Waals surface area contributed by atoms with E-state index in [0.717, 1.165) is 37.9 Å². The number of aryl methyl sites for hydroxylation is 1. The van der Waals surface area contributed by atoms with Gasteiger partial charge in [0.05, 0.1) is 6.10 Å². The van der Waals surface area contributed by atoms with Crippen molar-refractivity contribution in [2.45, 2.75) is 51.7 Å². The molecule has 2 nitrogen and oxygen atoms in total. The van der Waals surface area contributed by atoms with Gasteiger partial charge in [-0.25, -0.2) is 0 Å². The van der Waals surface area contributed by atoms with Crippen LogP contribution in [0.3, 0.4) is 0 Å². The molecule has 0 aromatic heterocycles. The molecule has 0 saturated carbocycles. The second kappa shape index (κ2) is 6.35. The summed E-state index contributed by atoms with van der Waals surface area (Å²) in [5, 5.41) is 10.7. The summed E-state index contributed by atoms with van der Waals surface area (Å²) in [6.07, 6.45) is 4.21. The molecule has 2 rings (SSSR count). The number of rotatable bonds is 4. The van der Waals surface area contributed by atoms with Crippen LogP contribution in [0.25, 0.3) is 0 Å². The Labute approximate surface area is 111 Å². The number of fused-ring (bicyclic) bond motifs is 1. The lowest BCUT2D eigenvalue weighted by Gasteiger charge is -2.33. The molecule has 1 aromatic carbocycles. The number of hydrogen-bond donors (Lipinski definition) is 1. The van der Waals surface area contributed by atoms with Gasteiger partial charge in [0, 0.05) is 6.04 Å². The third-order valence-corrected chi connectivity index (χ3v) is 4.07. The fourth-order valence-corrected chi connectivity index (χ4v) is 3.15. The van der Waals surface area contributed by atoms with Gasteiger partial charge in [-0.2, -0.15) is 0 Å². The molecule has 0 saturated heterocycles. The van der Waals surface area contributed by atoms with E-state index >= 15 is 0 Å². The molecule has 0 radical (unpaired) electrons. The molecular formula is C16H25NO.